The van der Waals surface area contributed by atoms with Crippen molar-refractivity contribution in [2.45, 2.75) is 24.8 Å². The molecule has 0 radical (unpaired) electrons. The number of carbonyl (C=O) groups is 1. The van der Waals surface area contributed by atoms with Crippen molar-refractivity contribution in [3.63, 3.8) is 0 Å². The van der Waals surface area contributed by atoms with Crippen molar-refractivity contribution in [3.05, 3.63) is 58.7 Å². The average Bonchev–Trinajstić information content (AvgIpc) is 3.40. The number of aromatic nitrogens is 4. The molecule has 38 heavy (non-hydrogen) atoms. The van der Waals surface area contributed by atoms with E-state index in [1.165, 1.54) is 6.08 Å². The molecule has 2 aromatic carbocycles. The van der Waals surface area contributed by atoms with Gasteiger partial charge in [-0.05, 0) is 48.7 Å². The van der Waals surface area contributed by atoms with Crippen LogP contribution in [-0.4, -0.2) is 76.2 Å². The number of hydrogen-bond acceptors (Lipinski definition) is 7. The van der Waals surface area contributed by atoms with Gasteiger partial charge in [0, 0.05) is 60.3 Å². The average molecular weight is 531 g/mol. The lowest BCUT2D eigenvalue weighted by atomic mass is 9.92. The summed E-state index contributed by atoms with van der Waals surface area (Å²) < 4.78 is 7.34. The minimum atomic E-state index is -0.270. The molecule has 2 aromatic heterocycles. The van der Waals surface area contributed by atoms with E-state index in [-0.39, 0.29) is 17.6 Å². The molecular weight excluding hydrogens is 500 g/mol. The first-order valence-corrected chi connectivity index (χ1v) is 13.7. The summed E-state index contributed by atoms with van der Waals surface area (Å²) in [6.45, 7) is 10.6. The Kier molecular flexibility index (Phi) is 6.23. The quantitative estimate of drug-likeness (QED) is 0.393. The van der Waals surface area contributed by atoms with E-state index < -0.39 is 0 Å². The van der Waals surface area contributed by atoms with Crippen LogP contribution in [0.25, 0.3) is 32.9 Å². The summed E-state index contributed by atoms with van der Waals surface area (Å²) in [7, 11) is 1.66. The SMILES string of the molecule is C=CC(=O)N1CCN(c2nc(=O)n3c4c(c(-c5c(C)ccc6[nH]ncc56)c(C)cc24)SCC3COC)CC1. The molecule has 0 spiro atoms. The van der Waals surface area contributed by atoms with E-state index >= 15 is 0 Å². The van der Waals surface area contributed by atoms with E-state index in [0.29, 0.717) is 38.6 Å². The molecule has 1 amide bonds. The summed E-state index contributed by atoms with van der Waals surface area (Å²) >= 11 is 1.78. The fourth-order valence-corrected chi connectivity index (χ4v) is 7.17. The molecule has 0 saturated carbocycles. The molecule has 9 nitrogen and oxygen atoms in total. The lowest BCUT2D eigenvalue weighted by Gasteiger charge is -2.36. The third-order valence-corrected chi connectivity index (χ3v) is 8.87. The zero-order chi connectivity index (χ0) is 26.6. The number of anilines is 1. The number of ether oxygens (including phenoxy) is 1. The number of rotatable bonds is 5. The van der Waals surface area contributed by atoms with Crippen molar-refractivity contribution in [2.75, 3.05) is 50.5 Å². The largest absolute Gasteiger partial charge is 0.383 e. The number of hydrogen-bond donors (Lipinski definition) is 1. The minimum Gasteiger partial charge on any atom is -0.383 e. The Morgan fingerprint density at radius 3 is 2.71 bits per heavy atom. The van der Waals surface area contributed by atoms with Gasteiger partial charge in [0.15, 0.2) is 0 Å². The molecule has 10 heteroatoms. The zero-order valence-electron chi connectivity index (χ0n) is 21.8. The lowest BCUT2D eigenvalue weighted by molar-refractivity contribution is -0.126. The number of nitrogens with zero attached hydrogens (tertiary/aromatic N) is 5. The van der Waals surface area contributed by atoms with Crippen LogP contribution in [0.4, 0.5) is 5.82 Å². The van der Waals surface area contributed by atoms with Gasteiger partial charge in [-0.15, -0.1) is 11.8 Å². The Morgan fingerprint density at radius 1 is 1.18 bits per heavy atom. The topological polar surface area (TPSA) is 96.4 Å². The summed E-state index contributed by atoms with van der Waals surface area (Å²) in [6, 6.07) is 6.22. The van der Waals surface area contributed by atoms with Crippen LogP contribution in [-0.2, 0) is 9.53 Å². The molecule has 0 bridgehead atoms. The van der Waals surface area contributed by atoms with Gasteiger partial charge in [-0.1, -0.05) is 12.6 Å². The summed E-state index contributed by atoms with van der Waals surface area (Å²) in [5.41, 5.74) is 6.16. The fraction of sp³-hybridized carbons (Fsp3) is 0.357. The predicted molar refractivity (Wildman–Crippen MR) is 151 cm³/mol. The molecule has 0 aliphatic carbocycles. The standard InChI is InChI=1S/C28H30N6O3S/c1-5-22(35)32-8-10-33(11-9-32)27-19-12-17(3)24(23-16(2)6-7-21-20(23)13-29-31-21)26-25(19)34(28(36)30-27)18(14-37-4)15-38-26/h5-7,12-13,18H,1,8-11,14-15H2,2-4H3,(H,29,31). The van der Waals surface area contributed by atoms with Gasteiger partial charge in [0.2, 0.25) is 5.91 Å². The maximum absolute atomic E-state index is 13.7. The van der Waals surface area contributed by atoms with Gasteiger partial charge in [0.1, 0.15) is 5.82 Å². The van der Waals surface area contributed by atoms with E-state index in [1.807, 2.05) is 10.8 Å². The Hall–Kier alpha value is -3.63. The third kappa shape index (κ3) is 3.82. The molecule has 1 unspecified atom stereocenters. The monoisotopic (exact) mass is 530 g/mol. The molecule has 1 N–H and O–H groups in total. The second kappa shape index (κ2) is 9.59. The number of methoxy groups -OCH3 is 1. The normalized spacial score (nSPS) is 17.4. The van der Waals surface area contributed by atoms with Gasteiger partial charge in [-0.2, -0.15) is 10.1 Å². The molecular formula is C28H30N6O3S. The Bertz CT molecular complexity index is 1650. The summed E-state index contributed by atoms with van der Waals surface area (Å²) in [4.78, 5) is 35.4. The third-order valence-electron chi connectivity index (χ3n) is 7.63. The first-order chi connectivity index (χ1) is 18.4. The van der Waals surface area contributed by atoms with E-state index in [0.717, 1.165) is 54.7 Å². The highest BCUT2D eigenvalue weighted by Gasteiger charge is 2.31. The van der Waals surface area contributed by atoms with Crippen LogP contribution in [0.2, 0.25) is 0 Å². The van der Waals surface area contributed by atoms with Gasteiger partial charge >= 0.3 is 5.69 Å². The van der Waals surface area contributed by atoms with Crippen LogP contribution >= 0.6 is 11.8 Å². The molecule has 4 heterocycles. The van der Waals surface area contributed by atoms with Crippen LogP contribution in [0.1, 0.15) is 17.2 Å². The van der Waals surface area contributed by atoms with Crippen molar-refractivity contribution in [3.8, 4) is 11.1 Å². The van der Waals surface area contributed by atoms with Crippen molar-refractivity contribution >= 4 is 45.3 Å². The molecule has 1 saturated heterocycles. The highest BCUT2D eigenvalue weighted by molar-refractivity contribution is 7.99. The number of aryl methyl sites for hydroxylation is 2. The number of H-pyrrole nitrogens is 1. The summed E-state index contributed by atoms with van der Waals surface area (Å²) in [5.74, 6) is 1.33. The zero-order valence-corrected chi connectivity index (χ0v) is 22.6. The van der Waals surface area contributed by atoms with Crippen LogP contribution in [0.5, 0.6) is 0 Å². The van der Waals surface area contributed by atoms with Crippen molar-refractivity contribution in [1.82, 2.24) is 24.6 Å². The maximum atomic E-state index is 13.7. The van der Waals surface area contributed by atoms with E-state index in [4.69, 9.17) is 4.74 Å². The van der Waals surface area contributed by atoms with Crippen LogP contribution in [0.3, 0.4) is 0 Å². The molecule has 2 aliphatic rings. The number of nitrogens with one attached hydrogen (secondary N) is 1. The van der Waals surface area contributed by atoms with Crippen molar-refractivity contribution in [1.29, 1.82) is 0 Å². The highest BCUT2D eigenvalue weighted by Crippen LogP contribution is 2.47. The van der Waals surface area contributed by atoms with Gasteiger partial charge in [0.25, 0.3) is 0 Å². The fourth-order valence-electron chi connectivity index (χ4n) is 5.81. The van der Waals surface area contributed by atoms with Crippen LogP contribution in [0.15, 0.2) is 46.7 Å². The molecule has 1 fully saturated rings. The van der Waals surface area contributed by atoms with Crippen LogP contribution in [0, 0.1) is 13.8 Å². The Labute approximate surface area is 224 Å². The Balaban J connectivity index is 1.60. The molecule has 2 aliphatic heterocycles. The van der Waals surface area contributed by atoms with E-state index in [1.54, 1.807) is 23.8 Å². The Morgan fingerprint density at radius 2 is 1.97 bits per heavy atom. The number of benzene rings is 2. The smallest absolute Gasteiger partial charge is 0.350 e. The van der Waals surface area contributed by atoms with E-state index in [2.05, 4.69) is 58.7 Å². The van der Waals surface area contributed by atoms with Crippen molar-refractivity contribution in [2.24, 2.45) is 0 Å². The molecule has 4 aromatic rings. The predicted octanol–water partition coefficient (Wildman–Crippen LogP) is 3.68. The minimum absolute atomic E-state index is 0.0716. The molecule has 6 rings (SSSR count). The maximum Gasteiger partial charge on any atom is 0.350 e. The number of aromatic amines is 1. The van der Waals surface area contributed by atoms with Gasteiger partial charge in [-0.3, -0.25) is 14.5 Å². The summed E-state index contributed by atoms with van der Waals surface area (Å²) in [6.07, 6.45) is 3.23. The number of piperazine rings is 1. The number of fused-ring (bicyclic) bond motifs is 1. The number of carbonyl (C=O) groups excluding carboxylic acids is 1. The second-order valence-electron chi connectivity index (χ2n) is 9.91. The first kappa shape index (κ1) is 24.7. The number of amides is 1. The first-order valence-electron chi connectivity index (χ1n) is 12.7. The highest BCUT2D eigenvalue weighted by atomic mass is 32.2. The second-order valence-corrected chi connectivity index (χ2v) is 10.9. The van der Waals surface area contributed by atoms with Crippen LogP contribution < -0.4 is 10.6 Å². The molecule has 196 valence electrons. The van der Waals surface area contributed by atoms with Crippen molar-refractivity contribution < 1.29 is 9.53 Å². The van der Waals surface area contributed by atoms with Gasteiger partial charge < -0.3 is 14.5 Å². The summed E-state index contributed by atoms with van der Waals surface area (Å²) in [5, 5.41) is 9.42. The molecule has 1 atom stereocenters. The van der Waals surface area contributed by atoms with Gasteiger partial charge in [-0.25, -0.2) is 4.79 Å². The van der Waals surface area contributed by atoms with E-state index in [9.17, 15) is 9.59 Å². The lowest BCUT2D eigenvalue weighted by Crippen LogP contribution is -2.49. The van der Waals surface area contributed by atoms with Gasteiger partial charge in [0.05, 0.1) is 29.9 Å². The number of thioether (sulfide) groups is 1.